The van der Waals surface area contributed by atoms with Crippen molar-refractivity contribution in [2.45, 2.75) is 52.6 Å². The van der Waals surface area contributed by atoms with Crippen LogP contribution in [0.2, 0.25) is 0 Å². The summed E-state index contributed by atoms with van der Waals surface area (Å²) in [5.74, 6) is -0.800. The summed E-state index contributed by atoms with van der Waals surface area (Å²) in [7, 11) is 0. The monoisotopic (exact) mass is 315 g/mol. The van der Waals surface area contributed by atoms with E-state index >= 15 is 0 Å². The van der Waals surface area contributed by atoms with E-state index in [9.17, 15) is 9.90 Å². The second kappa shape index (κ2) is 6.62. The standard InChI is InChI=1S/C18H25N3O2/c1-11(2)14(17(22)23)20-9-12-8-13-6-7-19-16(18(3,4)5)15(13)21-10-12/h6-8,10-11,14,20H,9H2,1-5H3,(H,22,23). The van der Waals surface area contributed by atoms with Crippen LogP contribution in [0.3, 0.4) is 0 Å². The first-order chi connectivity index (χ1) is 10.7. The smallest absolute Gasteiger partial charge is 0.320 e. The van der Waals surface area contributed by atoms with Gasteiger partial charge in [-0.2, -0.15) is 0 Å². The molecule has 0 aliphatic carbocycles. The summed E-state index contributed by atoms with van der Waals surface area (Å²) in [6.45, 7) is 10.6. The van der Waals surface area contributed by atoms with Crippen LogP contribution >= 0.6 is 0 Å². The third-order valence-corrected chi connectivity index (χ3v) is 3.83. The Kier molecular flexibility index (Phi) is 5.00. The number of carboxylic acids is 1. The van der Waals surface area contributed by atoms with Crippen LogP contribution in [-0.4, -0.2) is 27.1 Å². The van der Waals surface area contributed by atoms with Crippen LogP contribution in [0.4, 0.5) is 0 Å². The molecule has 0 aliphatic rings. The van der Waals surface area contributed by atoms with E-state index in [1.54, 1.807) is 12.4 Å². The van der Waals surface area contributed by atoms with Gasteiger partial charge >= 0.3 is 5.97 Å². The Balaban J connectivity index is 2.26. The first kappa shape index (κ1) is 17.3. The summed E-state index contributed by atoms with van der Waals surface area (Å²) >= 11 is 0. The van der Waals surface area contributed by atoms with Crippen molar-refractivity contribution in [3.05, 3.63) is 35.8 Å². The lowest BCUT2D eigenvalue weighted by molar-refractivity contribution is -0.140. The van der Waals surface area contributed by atoms with E-state index in [1.807, 2.05) is 26.0 Å². The minimum Gasteiger partial charge on any atom is -0.480 e. The molecule has 0 fully saturated rings. The number of nitrogens with zero attached hydrogens (tertiary/aromatic N) is 2. The molecular weight excluding hydrogens is 290 g/mol. The Labute approximate surface area is 137 Å². The lowest BCUT2D eigenvalue weighted by Crippen LogP contribution is -2.40. The molecule has 2 aromatic rings. The third kappa shape index (κ3) is 4.05. The second-order valence-electron chi connectivity index (χ2n) is 7.27. The number of aromatic nitrogens is 2. The summed E-state index contributed by atoms with van der Waals surface area (Å²) in [6, 6.07) is 3.43. The molecule has 5 heteroatoms. The van der Waals surface area contributed by atoms with Gasteiger partial charge in [0.15, 0.2) is 0 Å². The van der Waals surface area contributed by atoms with Crippen LogP contribution in [0.25, 0.3) is 10.9 Å². The SMILES string of the molecule is CC(C)C(NCc1cnc2c(C(C)(C)C)nccc2c1)C(=O)O. The van der Waals surface area contributed by atoms with Crippen molar-refractivity contribution in [3.63, 3.8) is 0 Å². The number of fused-ring (bicyclic) bond motifs is 1. The highest BCUT2D eigenvalue weighted by molar-refractivity contribution is 5.81. The normalized spacial score (nSPS) is 13.5. The molecule has 0 bridgehead atoms. The predicted molar refractivity (Wildman–Crippen MR) is 91.3 cm³/mol. The van der Waals surface area contributed by atoms with E-state index in [0.717, 1.165) is 22.2 Å². The molecule has 1 atom stereocenters. The molecule has 0 amide bonds. The first-order valence-electron chi connectivity index (χ1n) is 7.90. The van der Waals surface area contributed by atoms with Crippen molar-refractivity contribution < 1.29 is 9.90 Å². The van der Waals surface area contributed by atoms with Gasteiger partial charge in [0.25, 0.3) is 0 Å². The highest BCUT2D eigenvalue weighted by Crippen LogP contribution is 2.26. The molecule has 2 rings (SSSR count). The molecule has 5 nitrogen and oxygen atoms in total. The largest absolute Gasteiger partial charge is 0.480 e. The van der Waals surface area contributed by atoms with Gasteiger partial charge in [0, 0.05) is 29.7 Å². The van der Waals surface area contributed by atoms with Crippen molar-refractivity contribution >= 4 is 16.9 Å². The number of aliphatic carboxylic acids is 1. The maximum absolute atomic E-state index is 11.2. The molecule has 0 aliphatic heterocycles. The number of rotatable bonds is 5. The van der Waals surface area contributed by atoms with E-state index in [-0.39, 0.29) is 11.3 Å². The van der Waals surface area contributed by atoms with Gasteiger partial charge in [0.05, 0.1) is 11.2 Å². The number of hydrogen-bond acceptors (Lipinski definition) is 4. The van der Waals surface area contributed by atoms with E-state index < -0.39 is 12.0 Å². The summed E-state index contributed by atoms with van der Waals surface area (Å²) in [5, 5.41) is 13.4. The van der Waals surface area contributed by atoms with Gasteiger partial charge in [-0.05, 0) is 23.6 Å². The Morgan fingerprint density at radius 1 is 1.30 bits per heavy atom. The van der Waals surface area contributed by atoms with Crippen LogP contribution in [0.15, 0.2) is 24.5 Å². The maximum Gasteiger partial charge on any atom is 0.320 e. The molecule has 0 radical (unpaired) electrons. The van der Waals surface area contributed by atoms with Crippen molar-refractivity contribution in [2.24, 2.45) is 5.92 Å². The van der Waals surface area contributed by atoms with Crippen LogP contribution in [0, 0.1) is 5.92 Å². The number of hydrogen-bond donors (Lipinski definition) is 2. The van der Waals surface area contributed by atoms with Crippen molar-refractivity contribution in [3.8, 4) is 0 Å². The molecule has 0 aromatic carbocycles. The first-order valence-corrected chi connectivity index (χ1v) is 7.90. The second-order valence-corrected chi connectivity index (χ2v) is 7.27. The van der Waals surface area contributed by atoms with E-state index in [0.29, 0.717) is 6.54 Å². The van der Waals surface area contributed by atoms with Crippen LogP contribution < -0.4 is 5.32 Å². The summed E-state index contributed by atoms with van der Waals surface area (Å²) in [4.78, 5) is 20.3. The fourth-order valence-electron chi connectivity index (χ4n) is 2.59. The minimum atomic E-state index is -0.826. The summed E-state index contributed by atoms with van der Waals surface area (Å²) in [5.41, 5.74) is 2.77. The number of pyridine rings is 2. The van der Waals surface area contributed by atoms with Gasteiger partial charge in [-0.15, -0.1) is 0 Å². The molecule has 23 heavy (non-hydrogen) atoms. The fraction of sp³-hybridized carbons (Fsp3) is 0.500. The van der Waals surface area contributed by atoms with Gasteiger partial charge in [-0.3, -0.25) is 14.8 Å². The summed E-state index contributed by atoms with van der Waals surface area (Å²) in [6.07, 6.45) is 3.60. The van der Waals surface area contributed by atoms with Crippen molar-refractivity contribution in [2.75, 3.05) is 0 Å². The zero-order chi connectivity index (χ0) is 17.2. The summed E-state index contributed by atoms with van der Waals surface area (Å²) < 4.78 is 0. The van der Waals surface area contributed by atoms with E-state index in [2.05, 4.69) is 36.1 Å². The van der Waals surface area contributed by atoms with Gasteiger partial charge in [-0.1, -0.05) is 34.6 Å². The zero-order valence-corrected chi connectivity index (χ0v) is 14.4. The quantitative estimate of drug-likeness (QED) is 0.886. The van der Waals surface area contributed by atoms with Gasteiger partial charge < -0.3 is 10.4 Å². The Morgan fingerprint density at radius 2 is 2.00 bits per heavy atom. The molecule has 2 heterocycles. The number of carboxylic acid groups (broad SMARTS) is 1. The zero-order valence-electron chi connectivity index (χ0n) is 14.4. The fourth-order valence-corrected chi connectivity index (χ4v) is 2.59. The Hall–Kier alpha value is -2.01. The highest BCUT2D eigenvalue weighted by atomic mass is 16.4. The molecule has 0 saturated carbocycles. The van der Waals surface area contributed by atoms with Crippen molar-refractivity contribution in [1.29, 1.82) is 0 Å². The molecular formula is C18H25N3O2. The molecule has 2 N–H and O–H groups in total. The van der Waals surface area contributed by atoms with E-state index in [1.165, 1.54) is 0 Å². The minimum absolute atomic E-state index is 0.0256. The van der Waals surface area contributed by atoms with Gasteiger partial charge in [-0.25, -0.2) is 0 Å². The molecule has 1 unspecified atom stereocenters. The molecule has 0 saturated heterocycles. The van der Waals surface area contributed by atoms with Crippen molar-refractivity contribution in [1.82, 2.24) is 15.3 Å². The lowest BCUT2D eigenvalue weighted by atomic mass is 9.90. The average molecular weight is 315 g/mol. The molecule has 0 spiro atoms. The highest BCUT2D eigenvalue weighted by Gasteiger charge is 2.21. The third-order valence-electron chi connectivity index (χ3n) is 3.83. The van der Waals surface area contributed by atoms with E-state index in [4.69, 9.17) is 0 Å². The average Bonchev–Trinajstić information content (AvgIpc) is 2.44. The predicted octanol–water partition coefficient (Wildman–Crippen LogP) is 3.13. The Bertz CT molecular complexity index is 705. The Morgan fingerprint density at radius 3 is 2.57 bits per heavy atom. The van der Waals surface area contributed by atoms with Gasteiger partial charge in [0.2, 0.25) is 0 Å². The molecule has 2 aromatic heterocycles. The number of carbonyl (C=O) groups is 1. The number of nitrogens with one attached hydrogen (secondary N) is 1. The molecule has 124 valence electrons. The van der Waals surface area contributed by atoms with Crippen LogP contribution in [0.1, 0.15) is 45.9 Å². The van der Waals surface area contributed by atoms with Gasteiger partial charge in [0.1, 0.15) is 6.04 Å². The topological polar surface area (TPSA) is 75.1 Å². The lowest BCUT2D eigenvalue weighted by Gasteiger charge is -2.20. The van der Waals surface area contributed by atoms with Crippen LogP contribution in [-0.2, 0) is 16.8 Å². The van der Waals surface area contributed by atoms with Crippen LogP contribution in [0.5, 0.6) is 0 Å². The maximum atomic E-state index is 11.2.